The van der Waals surface area contributed by atoms with Crippen molar-refractivity contribution >= 4 is 17.3 Å². The molecule has 0 bridgehead atoms. The Bertz CT molecular complexity index is 633. The summed E-state index contributed by atoms with van der Waals surface area (Å²) in [7, 11) is 0. The lowest BCUT2D eigenvalue weighted by molar-refractivity contribution is -0.136. The monoisotopic (exact) mass is 303 g/mol. The van der Waals surface area contributed by atoms with Gasteiger partial charge in [-0.1, -0.05) is 23.8 Å². The standard InChI is InChI=1S/C17H21NO2S/c1-11-4-7-16(12(2)8-11)13(3)18-10-15-6-5-14(21-15)9-17(19)20/h4-8,13,18H,9-10H2,1-3H3,(H,19,20). The third kappa shape index (κ3) is 4.41. The summed E-state index contributed by atoms with van der Waals surface area (Å²) in [6.07, 6.45) is 0.108. The third-order valence-corrected chi connectivity index (χ3v) is 4.60. The van der Waals surface area contributed by atoms with Gasteiger partial charge in [0.2, 0.25) is 0 Å². The molecule has 21 heavy (non-hydrogen) atoms. The Morgan fingerprint density at radius 1 is 1.24 bits per heavy atom. The molecule has 2 rings (SSSR count). The second-order valence-corrected chi connectivity index (χ2v) is 6.65. The normalized spacial score (nSPS) is 12.3. The number of carboxylic acids is 1. The minimum Gasteiger partial charge on any atom is -0.481 e. The molecule has 1 atom stereocenters. The van der Waals surface area contributed by atoms with Crippen molar-refractivity contribution in [2.24, 2.45) is 0 Å². The molecular formula is C17H21NO2S. The van der Waals surface area contributed by atoms with Gasteiger partial charge in [-0.3, -0.25) is 4.79 Å². The Kier molecular flexibility index (Phi) is 5.15. The quantitative estimate of drug-likeness (QED) is 0.852. The van der Waals surface area contributed by atoms with Crippen molar-refractivity contribution in [3.8, 4) is 0 Å². The van der Waals surface area contributed by atoms with E-state index in [1.165, 1.54) is 21.6 Å². The van der Waals surface area contributed by atoms with Gasteiger partial charge in [0.1, 0.15) is 0 Å². The van der Waals surface area contributed by atoms with Crippen LogP contribution in [0.4, 0.5) is 0 Å². The van der Waals surface area contributed by atoms with Gasteiger partial charge >= 0.3 is 5.97 Å². The molecule has 1 aromatic heterocycles. The molecule has 3 nitrogen and oxygen atoms in total. The van der Waals surface area contributed by atoms with E-state index in [4.69, 9.17) is 5.11 Å². The van der Waals surface area contributed by atoms with E-state index in [0.29, 0.717) is 0 Å². The summed E-state index contributed by atoms with van der Waals surface area (Å²) >= 11 is 1.56. The minimum absolute atomic E-state index is 0.108. The number of hydrogen-bond donors (Lipinski definition) is 2. The van der Waals surface area contributed by atoms with Gasteiger partial charge in [0.05, 0.1) is 6.42 Å². The van der Waals surface area contributed by atoms with Gasteiger partial charge in [0.15, 0.2) is 0 Å². The van der Waals surface area contributed by atoms with Crippen LogP contribution in [0.2, 0.25) is 0 Å². The number of aliphatic carboxylic acids is 1. The summed E-state index contributed by atoms with van der Waals surface area (Å²) in [4.78, 5) is 12.8. The molecule has 1 heterocycles. The van der Waals surface area contributed by atoms with E-state index in [0.717, 1.165) is 11.4 Å². The van der Waals surface area contributed by atoms with E-state index in [-0.39, 0.29) is 12.5 Å². The van der Waals surface area contributed by atoms with Crippen LogP contribution >= 0.6 is 11.3 Å². The molecule has 2 aromatic rings. The Morgan fingerprint density at radius 2 is 1.95 bits per heavy atom. The van der Waals surface area contributed by atoms with Gasteiger partial charge in [-0.25, -0.2) is 0 Å². The molecule has 1 unspecified atom stereocenters. The van der Waals surface area contributed by atoms with Gasteiger partial charge in [0, 0.05) is 22.3 Å². The highest BCUT2D eigenvalue weighted by atomic mass is 32.1. The van der Waals surface area contributed by atoms with Crippen LogP contribution in [0.25, 0.3) is 0 Å². The molecule has 0 spiro atoms. The molecule has 0 aliphatic rings. The number of rotatable bonds is 6. The average Bonchev–Trinajstić information content (AvgIpc) is 2.82. The van der Waals surface area contributed by atoms with E-state index in [1.807, 2.05) is 12.1 Å². The predicted octanol–water partition coefficient (Wildman–Crippen LogP) is 3.84. The number of aryl methyl sites for hydroxylation is 2. The SMILES string of the molecule is Cc1ccc(C(C)NCc2ccc(CC(=O)O)s2)c(C)c1. The van der Waals surface area contributed by atoms with Crippen LogP contribution in [-0.2, 0) is 17.8 Å². The molecule has 0 fully saturated rings. The first-order valence-electron chi connectivity index (χ1n) is 7.05. The maximum atomic E-state index is 10.7. The van der Waals surface area contributed by atoms with Crippen molar-refractivity contribution in [3.05, 3.63) is 56.8 Å². The van der Waals surface area contributed by atoms with Crippen LogP contribution in [0.3, 0.4) is 0 Å². The van der Waals surface area contributed by atoms with Crippen LogP contribution in [0.5, 0.6) is 0 Å². The number of thiophene rings is 1. The number of nitrogens with one attached hydrogen (secondary N) is 1. The van der Waals surface area contributed by atoms with Gasteiger partial charge in [-0.15, -0.1) is 11.3 Å². The fraction of sp³-hybridized carbons (Fsp3) is 0.353. The van der Waals surface area contributed by atoms with Crippen LogP contribution in [0, 0.1) is 13.8 Å². The summed E-state index contributed by atoms with van der Waals surface area (Å²) in [6.45, 7) is 7.16. The van der Waals surface area contributed by atoms with Crippen molar-refractivity contribution in [3.63, 3.8) is 0 Å². The molecule has 112 valence electrons. The lowest BCUT2D eigenvalue weighted by Crippen LogP contribution is -2.18. The highest BCUT2D eigenvalue weighted by Gasteiger charge is 2.09. The Hall–Kier alpha value is -1.65. The van der Waals surface area contributed by atoms with Crippen LogP contribution in [0.15, 0.2) is 30.3 Å². The summed E-state index contributed by atoms with van der Waals surface area (Å²) < 4.78 is 0. The topological polar surface area (TPSA) is 49.3 Å². The summed E-state index contributed by atoms with van der Waals surface area (Å²) in [5, 5.41) is 12.3. The van der Waals surface area contributed by atoms with Crippen LogP contribution in [0.1, 0.15) is 39.4 Å². The highest BCUT2D eigenvalue weighted by Crippen LogP contribution is 2.21. The third-order valence-electron chi connectivity index (χ3n) is 3.52. The fourth-order valence-corrected chi connectivity index (χ4v) is 3.40. The van der Waals surface area contributed by atoms with Crippen molar-refractivity contribution in [1.29, 1.82) is 0 Å². The zero-order chi connectivity index (χ0) is 15.4. The molecule has 1 aromatic carbocycles. The van der Waals surface area contributed by atoms with Crippen molar-refractivity contribution < 1.29 is 9.90 Å². The zero-order valence-electron chi connectivity index (χ0n) is 12.6. The number of hydrogen-bond acceptors (Lipinski definition) is 3. The van der Waals surface area contributed by atoms with Gasteiger partial charge in [0.25, 0.3) is 0 Å². The number of benzene rings is 1. The minimum atomic E-state index is -0.778. The van der Waals surface area contributed by atoms with Gasteiger partial charge < -0.3 is 10.4 Å². The van der Waals surface area contributed by atoms with E-state index < -0.39 is 5.97 Å². The first kappa shape index (κ1) is 15.7. The van der Waals surface area contributed by atoms with Crippen LogP contribution in [-0.4, -0.2) is 11.1 Å². The van der Waals surface area contributed by atoms with E-state index >= 15 is 0 Å². The van der Waals surface area contributed by atoms with Crippen molar-refractivity contribution in [1.82, 2.24) is 5.32 Å². The maximum absolute atomic E-state index is 10.7. The van der Waals surface area contributed by atoms with Crippen molar-refractivity contribution in [2.45, 2.75) is 39.8 Å². The summed E-state index contributed by atoms with van der Waals surface area (Å²) in [5.74, 6) is -0.778. The second kappa shape index (κ2) is 6.87. The molecular weight excluding hydrogens is 282 g/mol. The number of carbonyl (C=O) groups is 1. The molecule has 0 aliphatic heterocycles. The molecule has 0 saturated heterocycles. The zero-order valence-corrected chi connectivity index (χ0v) is 13.5. The molecule has 4 heteroatoms. The molecule has 0 radical (unpaired) electrons. The first-order chi connectivity index (χ1) is 9.95. The van der Waals surface area contributed by atoms with Gasteiger partial charge in [-0.05, 0) is 44.0 Å². The lowest BCUT2D eigenvalue weighted by Gasteiger charge is -2.16. The Balaban J connectivity index is 1.95. The molecule has 0 amide bonds. The maximum Gasteiger partial charge on any atom is 0.308 e. The van der Waals surface area contributed by atoms with Crippen molar-refractivity contribution in [2.75, 3.05) is 0 Å². The predicted molar refractivity (Wildman–Crippen MR) is 86.8 cm³/mol. The average molecular weight is 303 g/mol. The second-order valence-electron chi connectivity index (χ2n) is 5.40. The van der Waals surface area contributed by atoms with Gasteiger partial charge in [-0.2, -0.15) is 0 Å². The van der Waals surface area contributed by atoms with Crippen LogP contribution < -0.4 is 5.32 Å². The molecule has 0 aliphatic carbocycles. The first-order valence-corrected chi connectivity index (χ1v) is 7.87. The summed E-state index contributed by atoms with van der Waals surface area (Å²) in [6, 6.07) is 10.7. The smallest absolute Gasteiger partial charge is 0.308 e. The van der Waals surface area contributed by atoms with E-state index in [1.54, 1.807) is 11.3 Å². The van der Waals surface area contributed by atoms with E-state index in [9.17, 15) is 4.79 Å². The highest BCUT2D eigenvalue weighted by molar-refractivity contribution is 7.12. The van der Waals surface area contributed by atoms with E-state index in [2.05, 4.69) is 44.3 Å². The Morgan fingerprint density at radius 3 is 2.62 bits per heavy atom. The number of carboxylic acid groups (broad SMARTS) is 1. The molecule has 2 N–H and O–H groups in total. The molecule has 0 saturated carbocycles. The fourth-order valence-electron chi connectivity index (χ4n) is 2.44. The summed E-state index contributed by atoms with van der Waals surface area (Å²) in [5.41, 5.74) is 3.88. The Labute approximate surface area is 129 Å². The largest absolute Gasteiger partial charge is 0.481 e. The lowest BCUT2D eigenvalue weighted by atomic mass is 10.0.